The highest BCUT2D eigenvalue weighted by atomic mass is 15.0. The minimum atomic E-state index is 0.935. The third kappa shape index (κ3) is 3.20. The lowest BCUT2D eigenvalue weighted by Gasteiger charge is -2.11. The van der Waals surface area contributed by atoms with Gasteiger partial charge in [-0.2, -0.15) is 0 Å². The van der Waals surface area contributed by atoms with E-state index in [1.54, 1.807) is 0 Å². The van der Waals surface area contributed by atoms with E-state index in [9.17, 15) is 0 Å². The van der Waals surface area contributed by atoms with Gasteiger partial charge in [0.25, 0.3) is 0 Å². The van der Waals surface area contributed by atoms with Crippen molar-refractivity contribution in [1.29, 1.82) is 0 Å². The number of benzene rings is 3. The molecule has 0 saturated heterocycles. The fraction of sp³-hybridized carbons (Fsp3) is 0.0294. The molecule has 0 fully saturated rings. The van der Waals surface area contributed by atoms with Crippen molar-refractivity contribution in [1.82, 2.24) is 19.5 Å². The highest BCUT2D eigenvalue weighted by molar-refractivity contribution is 6.08. The Kier molecular flexibility index (Phi) is 4.55. The van der Waals surface area contributed by atoms with E-state index in [2.05, 4.69) is 88.4 Å². The molecule has 0 spiro atoms. The van der Waals surface area contributed by atoms with E-state index in [-0.39, 0.29) is 0 Å². The summed E-state index contributed by atoms with van der Waals surface area (Å²) >= 11 is 0. The van der Waals surface area contributed by atoms with Crippen LogP contribution in [-0.4, -0.2) is 19.5 Å². The number of rotatable bonds is 3. The first-order valence-corrected chi connectivity index (χ1v) is 12.8. The largest absolute Gasteiger partial charge is 0.308 e. The van der Waals surface area contributed by atoms with E-state index in [1.807, 2.05) is 43.0 Å². The van der Waals surface area contributed by atoms with Crippen LogP contribution in [0.2, 0.25) is 0 Å². The fourth-order valence-corrected chi connectivity index (χ4v) is 5.81. The maximum absolute atomic E-state index is 4.78. The van der Waals surface area contributed by atoms with E-state index in [1.165, 1.54) is 27.8 Å². The van der Waals surface area contributed by atoms with Gasteiger partial charge in [0.2, 0.25) is 0 Å². The Hall–Kier alpha value is -5.09. The molecule has 0 radical (unpaired) electrons. The summed E-state index contributed by atoms with van der Waals surface area (Å²) in [7, 11) is 0. The molecule has 4 heteroatoms. The number of fused-ring (bicyclic) bond motifs is 6. The minimum Gasteiger partial charge on any atom is -0.308 e. The van der Waals surface area contributed by atoms with Crippen LogP contribution in [0.15, 0.2) is 122 Å². The normalized spacial score (nSPS) is 12.1. The molecule has 0 unspecified atom stereocenters. The molecule has 0 aliphatic heterocycles. The average molecular weight is 487 g/mol. The van der Waals surface area contributed by atoms with Gasteiger partial charge >= 0.3 is 0 Å². The molecular formula is C34H22N4. The van der Waals surface area contributed by atoms with Gasteiger partial charge in [0.15, 0.2) is 0 Å². The third-order valence-electron chi connectivity index (χ3n) is 7.59. The Bertz CT molecular complexity index is 2000. The quantitative estimate of drug-likeness (QED) is 0.255. The maximum atomic E-state index is 4.78. The molecule has 4 aromatic heterocycles. The lowest BCUT2D eigenvalue weighted by atomic mass is 9.99. The zero-order valence-electron chi connectivity index (χ0n) is 20.5. The SMILES string of the molecule is c1cncc(-c2cccc(-c3ccc4c5ncccc5n(-c5ccc6c(c5)-c5ncccc5C6)c4c3)c2)c1. The van der Waals surface area contributed by atoms with Gasteiger partial charge in [-0.15, -0.1) is 0 Å². The molecule has 0 atom stereocenters. The molecule has 0 N–H and O–H groups in total. The predicted molar refractivity (Wildman–Crippen MR) is 153 cm³/mol. The van der Waals surface area contributed by atoms with Crippen molar-refractivity contribution >= 4 is 21.9 Å². The van der Waals surface area contributed by atoms with Gasteiger partial charge < -0.3 is 4.57 Å². The number of hydrogen-bond acceptors (Lipinski definition) is 3. The van der Waals surface area contributed by atoms with Gasteiger partial charge in [-0.25, -0.2) is 0 Å². The number of hydrogen-bond donors (Lipinski definition) is 0. The van der Waals surface area contributed by atoms with E-state index < -0.39 is 0 Å². The standard InChI is InChI=1S/C34H22N4/c1-5-22(17-23(6-1)27-8-2-14-35-21-27)24-11-13-29-32(19-24)38(31-9-4-16-37-34(29)31)28-12-10-25-18-26-7-3-15-36-33(26)30(25)20-28/h1-17,19-21H,18H2. The van der Waals surface area contributed by atoms with Crippen molar-refractivity contribution in [2.75, 3.05) is 0 Å². The van der Waals surface area contributed by atoms with Crippen LogP contribution >= 0.6 is 0 Å². The second kappa shape index (κ2) is 8.22. The number of nitrogens with zero attached hydrogens (tertiary/aromatic N) is 4. The van der Waals surface area contributed by atoms with Crippen LogP contribution in [0.25, 0.3) is 61.1 Å². The van der Waals surface area contributed by atoms with Crippen LogP contribution in [0, 0.1) is 0 Å². The van der Waals surface area contributed by atoms with E-state index >= 15 is 0 Å². The number of aromatic nitrogens is 4. The summed E-state index contributed by atoms with van der Waals surface area (Å²) in [6.45, 7) is 0. The Morgan fingerprint density at radius 1 is 0.579 bits per heavy atom. The number of pyridine rings is 3. The molecule has 1 aliphatic carbocycles. The van der Waals surface area contributed by atoms with Crippen LogP contribution in [-0.2, 0) is 6.42 Å². The summed E-state index contributed by atoms with van der Waals surface area (Å²) in [5.41, 5.74) is 13.9. The third-order valence-corrected chi connectivity index (χ3v) is 7.59. The van der Waals surface area contributed by atoms with Crippen molar-refractivity contribution in [2.45, 2.75) is 6.42 Å². The Morgan fingerprint density at radius 3 is 2.32 bits per heavy atom. The molecule has 178 valence electrons. The van der Waals surface area contributed by atoms with Gasteiger partial charge in [0.1, 0.15) is 0 Å². The molecule has 0 saturated carbocycles. The maximum Gasteiger partial charge on any atom is 0.0963 e. The van der Waals surface area contributed by atoms with Crippen molar-refractivity contribution < 1.29 is 0 Å². The van der Waals surface area contributed by atoms with Crippen LogP contribution < -0.4 is 0 Å². The average Bonchev–Trinajstić information content (AvgIpc) is 3.52. The van der Waals surface area contributed by atoms with Crippen LogP contribution in [0.3, 0.4) is 0 Å². The summed E-state index contributed by atoms with van der Waals surface area (Å²) in [4.78, 5) is 13.8. The first kappa shape index (κ1) is 21.0. The molecular weight excluding hydrogens is 464 g/mol. The van der Waals surface area contributed by atoms with Gasteiger partial charge in [0, 0.05) is 53.4 Å². The first-order chi connectivity index (χ1) is 18.8. The van der Waals surface area contributed by atoms with Crippen LogP contribution in [0.4, 0.5) is 0 Å². The van der Waals surface area contributed by atoms with Crippen molar-refractivity contribution in [3.05, 3.63) is 133 Å². The summed E-state index contributed by atoms with van der Waals surface area (Å²) in [6.07, 6.45) is 8.41. The zero-order valence-corrected chi connectivity index (χ0v) is 20.5. The van der Waals surface area contributed by atoms with Gasteiger partial charge in [-0.05, 0) is 82.4 Å². The Balaban J connectivity index is 1.34. The monoisotopic (exact) mass is 486 g/mol. The Labute approximate surface area is 219 Å². The van der Waals surface area contributed by atoms with Crippen molar-refractivity contribution in [3.63, 3.8) is 0 Å². The lowest BCUT2D eigenvalue weighted by Crippen LogP contribution is -1.95. The topological polar surface area (TPSA) is 43.6 Å². The van der Waals surface area contributed by atoms with E-state index in [0.717, 1.165) is 50.9 Å². The molecule has 4 nitrogen and oxygen atoms in total. The molecule has 8 rings (SSSR count). The molecule has 0 amide bonds. The van der Waals surface area contributed by atoms with Crippen LogP contribution in [0.1, 0.15) is 11.1 Å². The lowest BCUT2D eigenvalue weighted by molar-refractivity contribution is 1.17. The highest BCUT2D eigenvalue weighted by Gasteiger charge is 2.21. The summed E-state index contributed by atoms with van der Waals surface area (Å²) in [6, 6.07) is 34.6. The van der Waals surface area contributed by atoms with E-state index in [0.29, 0.717) is 0 Å². The molecule has 7 aromatic rings. The molecule has 3 aromatic carbocycles. The van der Waals surface area contributed by atoms with Gasteiger partial charge in [-0.1, -0.05) is 42.5 Å². The second-order valence-corrected chi connectivity index (χ2v) is 9.79. The van der Waals surface area contributed by atoms with Gasteiger partial charge in [-0.3, -0.25) is 15.0 Å². The molecule has 1 aliphatic rings. The summed E-state index contributed by atoms with van der Waals surface area (Å²) in [5, 5.41) is 1.15. The molecule has 4 heterocycles. The predicted octanol–water partition coefficient (Wildman–Crippen LogP) is 7.87. The van der Waals surface area contributed by atoms with Crippen molar-refractivity contribution in [3.8, 4) is 39.2 Å². The minimum absolute atomic E-state index is 0.935. The molecule has 38 heavy (non-hydrogen) atoms. The smallest absolute Gasteiger partial charge is 0.0963 e. The first-order valence-electron chi connectivity index (χ1n) is 12.8. The summed E-state index contributed by atoms with van der Waals surface area (Å²) < 4.78 is 2.34. The van der Waals surface area contributed by atoms with Gasteiger partial charge in [0.05, 0.1) is 22.2 Å². The Morgan fingerprint density at radius 2 is 1.39 bits per heavy atom. The van der Waals surface area contributed by atoms with Crippen LogP contribution in [0.5, 0.6) is 0 Å². The van der Waals surface area contributed by atoms with E-state index in [4.69, 9.17) is 9.97 Å². The summed E-state index contributed by atoms with van der Waals surface area (Å²) in [5.74, 6) is 0. The highest BCUT2D eigenvalue weighted by Crippen LogP contribution is 2.39. The fourth-order valence-electron chi connectivity index (χ4n) is 5.81. The zero-order chi connectivity index (χ0) is 25.1. The molecule has 0 bridgehead atoms. The van der Waals surface area contributed by atoms with Crippen molar-refractivity contribution in [2.24, 2.45) is 0 Å². The second-order valence-electron chi connectivity index (χ2n) is 9.79.